The summed E-state index contributed by atoms with van der Waals surface area (Å²) in [5.41, 5.74) is -0.828. The van der Waals surface area contributed by atoms with Crippen LogP contribution >= 0.6 is 0 Å². The monoisotopic (exact) mass is 310 g/mol. The highest BCUT2D eigenvalue weighted by atomic mass is 19.1. The summed E-state index contributed by atoms with van der Waals surface area (Å²) in [7, 11) is -0.823. The Morgan fingerprint density at radius 3 is 2.32 bits per heavy atom. The van der Waals surface area contributed by atoms with Gasteiger partial charge in [0.15, 0.2) is 6.10 Å². The number of aliphatic carboxylic acids is 1. The number of carboxylic acids is 1. The van der Waals surface area contributed by atoms with Crippen molar-refractivity contribution in [3.8, 4) is 5.75 Å². The molecule has 1 atom stereocenters. The number of hydrogen-bond donors (Lipinski definition) is 1. The topological polar surface area (TPSA) is 65.0 Å². The Kier molecular flexibility index (Phi) is 4.23. The van der Waals surface area contributed by atoms with E-state index in [4.69, 9.17) is 19.2 Å². The molecule has 5 nitrogen and oxygen atoms in total. The van der Waals surface area contributed by atoms with E-state index in [1.54, 1.807) is 0 Å². The largest absolute Gasteiger partial charge is 0.498 e. The third-order valence-corrected chi connectivity index (χ3v) is 4.13. The van der Waals surface area contributed by atoms with E-state index in [9.17, 15) is 9.18 Å². The maximum atomic E-state index is 13.6. The molecule has 1 aliphatic heterocycles. The van der Waals surface area contributed by atoms with E-state index in [-0.39, 0.29) is 5.75 Å². The molecule has 1 aliphatic rings. The van der Waals surface area contributed by atoms with Crippen molar-refractivity contribution in [1.82, 2.24) is 0 Å². The van der Waals surface area contributed by atoms with Gasteiger partial charge in [0.2, 0.25) is 0 Å². The molecular formula is C15H20BFO5. The normalized spacial score (nSPS) is 20.7. The van der Waals surface area contributed by atoms with E-state index in [1.165, 1.54) is 25.1 Å². The molecule has 0 bridgehead atoms. The van der Waals surface area contributed by atoms with Crippen LogP contribution in [-0.4, -0.2) is 35.5 Å². The van der Waals surface area contributed by atoms with Crippen molar-refractivity contribution in [2.45, 2.75) is 51.9 Å². The highest BCUT2D eigenvalue weighted by molar-refractivity contribution is 6.63. The SMILES string of the molecule is C[C@H](Oc1ccc(F)cc1B1OC(C)(C)C(C)(C)O1)C(=O)O. The minimum absolute atomic E-state index is 0.231. The zero-order chi connectivity index (χ0) is 16.7. The summed E-state index contributed by atoms with van der Waals surface area (Å²) in [6, 6.07) is 3.83. The van der Waals surface area contributed by atoms with Crippen molar-refractivity contribution in [1.29, 1.82) is 0 Å². The average Bonchev–Trinajstić information content (AvgIpc) is 2.60. The zero-order valence-corrected chi connectivity index (χ0v) is 13.3. The summed E-state index contributed by atoms with van der Waals surface area (Å²) in [4.78, 5) is 10.9. The Labute approximate surface area is 129 Å². The minimum atomic E-state index is -1.11. The lowest BCUT2D eigenvalue weighted by molar-refractivity contribution is -0.144. The van der Waals surface area contributed by atoms with Crippen molar-refractivity contribution >= 4 is 18.6 Å². The standard InChI is InChI=1S/C15H20BFO5/c1-9(13(18)19)20-12-7-6-10(17)8-11(12)16-21-14(2,3)15(4,5)22-16/h6-9H,1-5H3,(H,18,19)/t9-/m0/s1. The highest BCUT2D eigenvalue weighted by Gasteiger charge is 2.52. The molecule has 0 radical (unpaired) electrons. The van der Waals surface area contributed by atoms with Crippen LogP contribution in [-0.2, 0) is 14.1 Å². The van der Waals surface area contributed by atoms with Gasteiger partial charge in [0, 0.05) is 5.46 Å². The zero-order valence-electron chi connectivity index (χ0n) is 13.3. The summed E-state index contributed by atoms with van der Waals surface area (Å²) in [5, 5.41) is 8.96. The molecule has 0 amide bonds. The van der Waals surface area contributed by atoms with Crippen LogP contribution in [0.15, 0.2) is 18.2 Å². The van der Waals surface area contributed by atoms with Gasteiger partial charge in [-0.05, 0) is 52.8 Å². The summed E-state index contributed by atoms with van der Waals surface area (Å²) in [5.74, 6) is -1.35. The fraction of sp³-hybridized carbons (Fsp3) is 0.533. The molecule has 1 aromatic rings. The smallest absolute Gasteiger partial charge is 0.479 e. The van der Waals surface area contributed by atoms with Crippen LogP contribution in [0.2, 0.25) is 0 Å². The first-order chi connectivity index (χ1) is 10.0. The molecule has 1 saturated heterocycles. The van der Waals surface area contributed by atoms with Crippen molar-refractivity contribution in [3.05, 3.63) is 24.0 Å². The average molecular weight is 310 g/mol. The van der Waals surface area contributed by atoms with Crippen LogP contribution in [0.5, 0.6) is 5.75 Å². The maximum Gasteiger partial charge on any atom is 0.498 e. The summed E-state index contributed by atoms with van der Waals surface area (Å²) in [6.07, 6.45) is -1.06. The number of ether oxygens (including phenoxy) is 1. The van der Waals surface area contributed by atoms with Gasteiger partial charge in [-0.15, -0.1) is 0 Å². The molecule has 0 saturated carbocycles. The van der Waals surface area contributed by atoms with Crippen LogP contribution in [0, 0.1) is 5.82 Å². The first-order valence-electron chi connectivity index (χ1n) is 7.08. The quantitative estimate of drug-likeness (QED) is 0.862. The Hall–Kier alpha value is -1.60. The molecule has 7 heteroatoms. The lowest BCUT2D eigenvalue weighted by atomic mass is 9.78. The van der Waals surface area contributed by atoms with Gasteiger partial charge < -0.3 is 19.2 Å². The summed E-state index contributed by atoms with van der Waals surface area (Å²) in [6.45, 7) is 8.93. The van der Waals surface area contributed by atoms with Crippen LogP contribution in [0.1, 0.15) is 34.6 Å². The summed E-state index contributed by atoms with van der Waals surface area (Å²) < 4.78 is 30.7. The number of carbonyl (C=O) groups is 1. The van der Waals surface area contributed by atoms with E-state index in [1.807, 2.05) is 27.7 Å². The van der Waals surface area contributed by atoms with Gasteiger partial charge in [-0.3, -0.25) is 0 Å². The summed E-state index contributed by atoms with van der Waals surface area (Å²) >= 11 is 0. The second-order valence-corrected chi connectivity index (χ2v) is 6.37. The van der Waals surface area contributed by atoms with E-state index in [0.29, 0.717) is 5.46 Å². The predicted molar refractivity (Wildman–Crippen MR) is 79.8 cm³/mol. The molecule has 0 unspecified atom stereocenters. The van der Waals surface area contributed by atoms with Crippen LogP contribution < -0.4 is 10.2 Å². The van der Waals surface area contributed by atoms with Gasteiger partial charge in [0.25, 0.3) is 0 Å². The number of rotatable bonds is 4. The van der Waals surface area contributed by atoms with E-state index < -0.39 is 36.2 Å². The Balaban J connectivity index is 2.35. The third kappa shape index (κ3) is 3.10. The predicted octanol–water partition coefficient (Wildman–Crippen LogP) is 1.98. The van der Waals surface area contributed by atoms with Gasteiger partial charge in [-0.1, -0.05) is 0 Å². The molecule has 1 heterocycles. The van der Waals surface area contributed by atoms with Gasteiger partial charge in [-0.25, -0.2) is 9.18 Å². The molecule has 0 spiro atoms. The molecule has 2 rings (SSSR count). The van der Waals surface area contributed by atoms with Crippen LogP contribution in [0.3, 0.4) is 0 Å². The highest BCUT2D eigenvalue weighted by Crippen LogP contribution is 2.37. The molecule has 0 aromatic heterocycles. The van der Waals surface area contributed by atoms with E-state index in [0.717, 1.165) is 0 Å². The third-order valence-electron chi connectivity index (χ3n) is 4.13. The lowest BCUT2D eigenvalue weighted by Crippen LogP contribution is -2.41. The van der Waals surface area contributed by atoms with Crippen LogP contribution in [0.4, 0.5) is 4.39 Å². The molecule has 1 fully saturated rings. The molecule has 22 heavy (non-hydrogen) atoms. The Morgan fingerprint density at radius 2 is 1.82 bits per heavy atom. The van der Waals surface area contributed by atoms with Gasteiger partial charge >= 0.3 is 13.1 Å². The first kappa shape index (κ1) is 16.8. The molecular weight excluding hydrogens is 290 g/mol. The number of hydrogen-bond acceptors (Lipinski definition) is 4. The number of halogens is 1. The fourth-order valence-corrected chi connectivity index (χ4v) is 2.02. The Morgan fingerprint density at radius 1 is 1.27 bits per heavy atom. The molecule has 1 N–H and O–H groups in total. The van der Waals surface area contributed by atoms with Crippen molar-refractivity contribution < 1.29 is 28.3 Å². The van der Waals surface area contributed by atoms with Gasteiger partial charge in [0.1, 0.15) is 11.6 Å². The first-order valence-corrected chi connectivity index (χ1v) is 7.08. The maximum absolute atomic E-state index is 13.6. The second kappa shape index (κ2) is 5.55. The fourth-order valence-electron chi connectivity index (χ4n) is 2.02. The van der Waals surface area contributed by atoms with Crippen molar-refractivity contribution in [2.24, 2.45) is 0 Å². The number of benzene rings is 1. The number of carboxylic acid groups (broad SMARTS) is 1. The van der Waals surface area contributed by atoms with Crippen LogP contribution in [0.25, 0.3) is 0 Å². The van der Waals surface area contributed by atoms with Gasteiger partial charge in [-0.2, -0.15) is 0 Å². The van der Waals surface area contributed by atoms with E-state index >= 15 is 0 Å². The Bertz CT molecular complexity index is 571. The lowest BCUT2D eigenvalue weighted by Gasteiger charge is -2.32. The molecule has 120 valence electrons. The van der Waals surface area contributed by atoms with Gasteiger partial charge in [0.05, 0.1) is 11.2 Å². The minimum Gasteiger partial charge on any atom is -0.479 e. The van der Waals surface area contributed by atoms with Crippen molar-refractivity contribution in [3.63, 3.8) is 0 Å². The molecule has 0 aliphatic carbocycles. The second-order valence-electron chi connectivity index (χ2n) is 6.37. The van der Waals surface area contributed by atoms with E-state index in [2.05, 4.69) is 0 Å². The van der Waals surface area contributed by atoms with Crippen molar-refractivity contribution in [2.75, 3.05) is 0 Å². The molecule has 1 aromatic carbocycles.